The Bertz CT molecular complexity index is 667. The molecule has 0 bridgehead atoms. The highest BCUT2D eigenvalue weighted by molar-refractivity contribution is 9.10. The minimum absolute atomic E-state index is 0.0889. The van der Waals surface area contributed by atoms with E-state index in [1.807, 2.05) is 0 Å². The maximum Gasteiger partial charge on any atom is 0.416 e. The molecule has 1 unspecified atom stereocenters. The van der Waals surface area contributed by atoms with Crippen LogP contribution >= 0.6 is 15.9 Å². The van der Waals surface area contributed by atoms with Gasteiger partial charge in [-0.1, -0.05) is 34.1 Å². The van der Waals surface area contributed by atoms with E-state index in [1.165, 1.54) is 30.3 Å². The van der Waals surface area contributed by atoms with Crippen molar-refractivity contribution in [3.05, 3.63) is 68.9 Å². The average molecular weight is 362 g/mol. The van der Waals surface area contributed by atoms with Gasteiger partial charge >= 0.3 is 6.18 Å². The molecule has 21 heavy (non-hydrogen) atoms. The predicted molar refractivity (Wildman–Crippen MR) is 76.3 cm³/mol. The number of benzene rings is 2. The summed E-state index contributed by atoms with van der Waals surface area (Å²) in [5.41, 5.74) is 5.70. The summed E-state index contributed by atoms with van der Waals surface area (Å²) in [5.74, 6) is -0.492. The van der Waals surface area contributed by atoms with Gasteiger partial charge in [0.1, 0.15) is 5.82 Å². The summed E-state index contributed by atoms with van der Waals surface area (Å²) >= 11 is 3.01. The van der Waals surface area contributed by atoms with Crippen molar-refractivity contribution in [2.75, 3.05) is 0 Å². The molecule has 1 nitrogen and oxygen atoms in total. The van der Waals surface area contributed by atoms with E-state index in [0.29, 0.717) is 15.6 Å². The molecule has 0 fully saturated rings. The Labute approximate surface area is 127 Å². The van der Waals surface area contributed by atoms with Crippen LogP contribution in [0.2, 0.25) is 0 Å². The molecular weight excluding hydrogens is 350 g/mol. The minimum atomic E-state index is -4.53. The Balaban J connectivity index is 2.52. The third-order valence-corrected chi connectivity index (χ3v) is 3.70. The summed E-state index contributed by atoms with van der Waals surface area (Å²) < 4.78 is 53.2. The lowest BCUT2D eigenvalue weighted by atomic mass is 9.94. The van der Waals surface area contributed by atoms with E-state index < -0.39 is 23.6 Å². The summed E-state index contributed by atoms with van der Waals surface area (Å²) in [6, 6.07) is 6.90. The van der Waals surface area contributed by atoms with Gasteiger partial charge < -0.3 is 5.73 Å². The second-order valence-corrected chi connectivity index (χ2v) is 5.63. The molecule has 2 rings (SSSR count). The van der Waals surface area contributed by atoms with Crippen LogP contribution in [0.1, 0.15) is 28.3 Å². The molecule has 112 valence electrons. The van der Waals surface area contributed by atoms with Gasteiger partial charge in [-0.15, -0.1) is 0 Å². The van der Waals surface area contributed by atoms with Crippen LogP contribution in [0.5, 0.6) is 0 Å². The summed E-state index contributed by atoms with van der Waals surface area (Å²) in [7, 11) is 0. The zero-order valence-corrected chi connectivity index (χ0v) is 12.6. The van der Waals surface area contributed by atoms with E-state index in [1.54, 1.807) is 6.92 Å². The summed E-state index contributed by atoms with van der Waals surface area (Å²) in [6.07, 6.45) is -4.53. The summed E-state index contributed by atoms with van der Waals surface area (Å²) in [6.45, 7) is 1.57. The largest absolute Gasteiger partial charge is 0.416 e. The van der Waals surface area contributed by atoms with E-state index in [4.69, 9.17) is 5.73 Å². The lowest BCUT2D eigenvalue weighted by Crippen LogP contribution is -2.18. The Morgan fingerprint density at radius 2 is 1.76 bits per heavy atom. The highest BCUT2D eigenvalue weighted by atomic mass is 79.9. The number of nitrogens with two attached hydrogens (primary N) is 1. The molecule has 0 aliphatic carbocycles. The van der Waals surface area contributed by atoms with Gasteiger partial charge in [-0.05, 0) is 41.8 Å². The number of halogens is 5. The maximum atomic E-state index is 13.6. The molecule has 0 saturated heterocycles. The van der Waals surface area contributed by atoms with Gasteiger partial charge in [-0.2, -0.15) is 13.2 Å². The zero-order valence-electron chi connectivity index (χ0n) is 11.0. The highest BCUT2D eigenvalue weighted by Crippen LogP contribution is 2.37. The Morgan fingerprint density at radius 1 is 1.10 bits per heavy atom. The van der Waals surface area contributed by atoms with Crippen LogP contribution in [0.15, 0.2) is 40.9 Å². The third kappa shape index (κ3) is 3.44. The van der Waals surface area contributed by atoms with Crippen molar-refractivity contribution in [3.63, 3.8) is 0 Å². The van der Waals surface area contributed by atoms with E-state index in [2.05, 4.69) is 15.9 Å². The van der Waals surface area contributed by atoms with Crippen LogP contribution in [-0.2, 0) is 6.18 Å². The SMILES string of the molecule is Cc1ccc(C(N)c2ccc(Br)cc2C(F)(F)F)cc1F. The van der Waals surface area contributed by atoms with Crippen molar-refractivity contribution in [1.29, 1.82) is 0 Å². The van der Waals surface area contributed by atoms with Gasteiger partial charge in [0.2, 0.25) is 0 Å². The molecule has 0 aliphatic rings. The molecule has 0 heterocycles. The molecule has 2 aromatic carbocycles. The molecule has 0 aromatic heterocycles. The fourth-order valence-corrected chi connectivity index (χ4v) is 2.39. The van der Waals surface area contributed by atoms with Crippen LogP contribution < -0.4 is 5.73 Å². The summed E-state index contributed by atoms with van der Waals surface area (Å²) in [5, 5.41) is 0. The van der Waals surface area contributed by atoms with Crippen LogP contribution in [0.3, 0.4) is 0 Å². The second kappa shape index (κ2) is 5.77. The third-order valence-electron chi connectivity index (χ3n) is 3.21. The lowest BCUT2D eigenvalue weighted by Gasteiger charge is -2.19. The smallest absolute Gasteiger partial charge is 0.320 e. The van der Waals surface area contributed by atoms with Crippen LogP contribution in [0.4, 0.5) is 17.6 Å². The van der Waals surface area contributed by atoms with Gasteiger partial charge in [0.15, 0.2) is 0 Å². The van der Waals surface area contributed by atoms with Crippen molar-refractivity contribution in [2.24, 2.45) is 5.73 Å². The first kappa shape index (κ1) is 16.0. The van der Waals surface area contributed by atoms with E-state index in [-0.39, 0.29) is 5.56 Å². The Kier molecular flexibility index (Phi) is 4.39. The van der Waals surface area contributed by atoms with Crippen molar-refractivity contribution in [2.45, 2.75) is 19.1 Å². The van der Waals surface area contributed by atoms with Gasteiger partial charge in [-0.25, -0.2) is 4.39 Å². The van der Waals surface area contributed by atoms with E-state index >= 15 is 0 Å². The normalized spacial score (nSPS) is 13.3. The van der Waals surface area contributed by atoms with Gasteiger partial charge in [0.25, 0.3) is 0 Å². The first-order valence-electron chi connectivity index (χ1n) is 6.08. The molecular formula is C15H12BrF4N. The standard InChI is InChI=1S/C15H12BrF4N/c1-8-2-3-9(6-13(8)17)14(21)11-5-4-10(16)7-12(11)15(18,19)20/h2-7,14H,21H2,1H3. The fourth-order valence-electron chi connectivity index (χ4n) is 2.03. The molecule has 0 amide bonds. The molecule has 1 atom stereocenters. The number of aryl methyl sites for hydroxylation is 1. The second-order valence-electron chi connectivity index (χ2n) is 4.72. The Hall–Kier alpha value is -1.40. The predicted octanol–water partition coefficient (Wildman–Crippen LogP) is 4.96. The van der Waals surface area contributed by atoms with E-state index in [9.17, 15) is 17.6 Å². The number of hydrogen-bond donors (Lipinski definition) is 1. The maximum absolute atomic E-state index is 13.6. The fraction of sp³-hybridized carbons (Fsp3) is 0.200. The minimum Gasteiger partial charge on any atom is -0.320 e. The van der Waals surface area contributed by atoms with Gasteiger partial charge in [0.05, 0.1) is 11.6 Å². The highest BCUT2D eigenvalue weighted by Gasteiger charge is 2.35. The molecule has 6 heteroatoms. The number of hydrogen-bond acceptors (Lipinski definition) is 1. The average Bonchev–Trinajstić information content (AvgIpc) is 2.40. The van der Waals surface area contributed by atoms with E-state index in [0.717, 1.165) is 6.07 Å². The monoisotopic (exact) mass is 361 g/mol. The molecule has 0 aliphatic heterocycles. The van der Waals surface area contributed by atoms with Gasteiger partial charge in [-0.3, -0.25) is 0 Å². The summed E-state index contributed by atoms with van der Waals surface area (Å²) in [4.78, 5) is 0. The van der Waals surface area contributed by atoms with Crippen molar-refractivity contribution in [1.82, 2.24) is 0 Å². The van der Waals surface area contributed by atoms with Crippen molar-refractivity contribution in [3.8, 4) is 0 Å². The number of alkyl halides is 3. The van der Waals surface area contributed by atoms with Crippen molar-refractivity contribution < 1.29 is 17.6 Å². The van der Waals surface area contributed by atoms with Crippen molar-refractivity contribution >= 4 is 15.9 Å². The Morgan fingerprint density at radius 3 is 2.33 bits per heavy atom. The molecule has 0 radical (unpaired) electrons. The molecule has 0 saturated carbocycles. The molecule has 0 spiro atoms. The van der Waals surface area contributed by atoms with Crippen LogP contribution in [-0.4, -0.2) is 0 Å². The first-order valence-corrected chi connectivity index (χ1v) is 6.87. The first-order chi connectivity index (χ1) is 9.70. The van der Waals surface area contributed by atoms with Crippen LogP contribution in [0, 0.1) is 12.7 Å². The zero-order chi connectivity index (χ0) is 15.8. The number of rotatable bonds is 2. The van der Waals surface area contributed by atoms with Gasteiger partial charge in [0, 0.05) is 4.47 Å². The quantitative estimate of drug-likeness (QED) is 0.751. The topological polar surface area (TPSA) is 26.0 Å². The van der Waals surface area contributed by atoms with Crippen LogP contribution in [0.25, 0.3) is 0 Å². The molecule has 2 N–H and O–H groups in total. The lowest BCUT2D eigenvalue weighted by molar-refractivity contribution is -0.138. The molecule has 2 aromatic rings.